The molecule has 0 aliphatic carbocycles. The Hall–Kier alpha value is -2.41. The van der Waals surface area contributed by atoms with Gasteiger partial charge in [-0.15, -0.1) is 0 Å². The van der Waals surface area contributed by atoms with Crippen molar-refractivity contribution in [1.82, 2.24) is 10.2 Å². The second-order valence-electron chi connectivity index (χ2n) is 6.64. The molecule has 0 aromatic heterocycles. The van der Waals surface area contributed by atoms with Crippen LogP contribution in [0.1, 0.15) is 16.7 Å². The van der Waals surface area contributed by atoms with Crippen LogP contribution < -0.4 is 10.6 Å². The third kappa shape index (κ3) is 6.36. The summed E-state index contributed by atoms with van der Waals surface area (Å²) < 4.78 is 10.5. The standard InChI is InChI=1S/C21H27N3O3/c1-26-16-19-6-8-20(9-7-19)23-21(25)22-14-17-2-4-18(5-3-17)15-24-10-12-27-13-11-24/h2-9H,10-16H2,1H3,(H2,22,23,25). The van der Waals surface area contributed by atoms with Crippen molar-refractivity contribution in [3.05, 3.63) is 65.2 Å². The number of nitrogens with zero attached hydrogens (tertiary/aromatic N) is 1. The van der Waals surface area contributed by atoms with Gasteiger partial charge in [-0.2, -0.15) is 0 Å². The summed E-state index contributed by atoms with van der Waals surface area (Å²) in [5.41, 5.74) is 4.18. The Morgan fingerprint density at radius 2 is 1.63 bits per heavy atom. The minimum Gasteiger partial charge on any atom is -0.380 e. The maximum Gasteiger partial charge on any atom is 0.319 e. The number of nitrogens with one attached hydrogen (secondary N) is 2. The van der Waals surface area contributed by atoms with Gasteiger partial charge < -0.3 is 20.1 Å². The van der Waals surface area contributed by atoms with Gasteiger partial charge in [0.05, 0.1) is 19.8 Å². The summed E-state index contributed by atoms with van der Waals surface area (Å²) >= 11 is 0. The number of methoxy groups -OCH3 is 1. The molecule has 2 amide bonds. The van der Waals surface area contributed by atoms with E-state index < -0.39 is 0 Å². The largest absolute Gasteiger partial charge is 0.380 e. The van der Waals surface area contributed by atoms with E-state index in [0.717, 1.165) is 49.7 Å². The van der Waals surface area contributed by atoms with Crippen LogP contribution in [-0.2, 0) is 29.2 Å². The fourth-order valence-corrected chi connectivity index (χ4v) is 2.99. The van der Waals surface area contributed by atoms with Crippen molar-refractivity contribution >= 4 is 11.7 Å². The molecule has 1 aliphatic heterocycles. The van der Waals surface area contributed by atoms with E-state index in [1.165, 1.54) is 5.56 Å². The summed E-state index contributed by atoms with van der Waals surface area (Å²) in [5, 5.41) is 5.72. The number of hydrogen-bond acceptors (Lipinski definition) is 4. The lowest BCUT2D eigenvalue weighted by Gasteiger charge is -2.26. The van der Waals surface area contributed by atoms with Crippen molar-refractivity contribution in [3.63, 3.8) is 0 Å². The summed E-state index contributed by atoms with van der Waals surface area (Å²) in [6, 6.07) is 15.8. The van der Waals surface area contributed by atoms with Crippen molar-refractivity contribution in [2.75, 3.05) is 38.7 Å². The molecule has 1 aliphatic rings. The molecule has 0 bridgehead atoms. The molecule has 6 nitrogen and oxygen atoms in total. The summed E-state index contributed by atoms with van der Waals surface area (Å²) in [6.07, 6.45) is 0. The maximum absolute atomic E-state index is 12.1. The van der Waals surface area contributed by atoms with Crippen molar-refractivity contribution in [2.24, 2.45) is 0 Å². The Labute approximate surface area is 160 Å². The molecule has 0 atom stereocenters. The second kappa shape index (κ2) is 10.1. The molecule has 0 unspecified atom stereocenters. The first kappa shape index (κ1) is 19.4. The van der Waals surface area contributed by atoms with Crippen LogP contribution in [0, 0.1) is 0 Å². The van der Waals surface area contributed by atoms with E-state index in [-0.39, 0.29) is 6.03 Å². The molecule has 0 spiro atoms. The van der Waals surface area contributed by atoms with E-state index in [1.807, 2.05) is 24.3 Å². The molecular formula is C21H27N3O3. The lowest BCUT2D eigenvalue weighted by atomic mass is 10.1. The minimum atomic E-state index is -0.216. The SMILES string of the molecule is COCc1ccc(NC(=O)NCc2ccc(CN3CCOCC3)cc2)cc1. The fraction of sp³-hybridized carbons (Fsp3) is 0.381. The van der Waals surface area contributed by atoms with E-state index in [2.05, 4.69) is 39.8 Å². The zero-order valence-electron chi connectivity index (χ0n) is 15.7. The summed E-state index contributed by atoms with van der Waals surface area (Å²) in [5.74, 6) is 0. The molecule has 1 fully saturated rings. The van der Waals surface area contributed by atoms with E-state index in [0.29, 0.717) is 13.2 Å². The molecule has 144 valence electrons. The van der Waals surface area contributed by atoms with Gasteiger partial charge in [0, 0.05) is 39.0 Å². The molecule has 2 N–H and O–H groups in total. The highest BCUT2D eigenvalue weighted by Gasteiger charge is 2.10. The van der Waals surface area contributed by atoms with Gasteiger partial charge in [0.15, 0.2) is 0 Å². The van der Waals surface area contributed by atoms with Crippen LogP contribution in [0.2, 0.25) is 0 Å². The highest BCUT2D eigenvalue weighted by Crippen LogP contribution is 2.11. The number of rotatable bonds is 7. The summed E-state index contributed by atoms with van der Waals surface area (Å²) in [6.45, 7) is 5.58. The van der Waals surface area contributed by atoms with Crippen LogP contribution in [0.25, 0.3) is 0 Å². The van der Waals surface area contributed by atoms with Gasteiger partial charge in [-0.3, -0.25) is 4.90 Å². The third-order valence-corrected chi connectivity index (χ3v) is 4.51. The maximum atomic E-state index is 12.1. The number of carbonyl (C=O) groups is 1. The average Bonchev–Trinajstić information content (AvgIpc) is 2.70. The first-order valence-electron chi connectivity index (χ1n) is 9.23. The number of amides is 2. The monoisotopic (exact) mass is 369 g/mol. The Kier molecular flexibility index (Phi) is 7.21. The van der Waals surface area contributed by atoms with Gasteiger partial charge in [-0.05, 0) is 28.8 Å². The Bertz CT molecular complexity index is 710. The number of hydrogen-bond donors (Lipinski definition) is 2. The van der Waals surface area contributed by atoms with E-state index in [9.17, 15) is 4.79 Å². The molecule has 0 radical (unpaired) electrons. The van der Waals surface area contributed by atoms with Crippen LogP contribution in [0.5, 0.6) is 0 Å². The lowest BCUT2D eigenvalue weighted by Crippen LogP contribution is -2.35. The normalized spacial score (nSPS) is 14.7. The van der Waals surface area contributed by atoms with Crippen LogP contribution in [0.4, 0.5) is 10.5 Å². The van der Waals surface area contributed by atoms with Crippen LogP contribution in [0.3, 0.4) is 0 Å². The highest BCUT2D eigenvalue weighted by molar-refractivity contribution is 5.89. The minimum absolute atomic E-state index is 0.216. The smallest absolute Gasteiger partial charge is 0.319 e. The number of ether oxygens (including phenoxy) is 2. The van der Waals surface area contributed by atoms with Gasteiger partial charge in [0.25, 0.3) is 0 Å². The zero-order valence-corrected chi connectivity index (χ0v) is 15.7. The average molecular weight is 369 g/mol. The Morgan fingerprint density at radius 3 is 2.30 bits per heavy atom. The summed E-state index contributed by atoms with van der Waals surface area (Å²) in [7, 11) is 1.66. The van der Waals surface area contributed by atoms with E-state index in [1.54, 1.807) is 7.11 Å². The van der Waals surface area contributed by atoms with E-state index >= 15 is 0 Å². The van der Waals surface area contributed by atoms with Gasteiger partial charge in [-0.1, -0.05) is 36.4 Å². The quantitative estimate of drug-likeness (QED) is 0.788. The zero-order chi connectivity index (χ0) is 18.9. The predicted molar refractivity (Wildman–Crippen MR) is 106 cm³/mol. The van der Waals surface area contributed by atoms with Gasteiger partial charge in [0.2, 0.25) is 0 Å². The first-order valence-corrected chi connectivity index (χ1v) is 9.23. The van der Waals surface area contributed by atoms with Crippen LogP contribution >= 0.6 is 0 Å². The molecular weight excluding hydrogens is 342 g/mol. The fourth-order valence-electron chi connectivity index (χ4n) is 2.99. The van der Waals surface area contributed by atoms with Crippen LogP contribution in [-0.4, -0.2) is 44.3 Å². The summed E-state index contributed by atoms with van der Waals surface area (Å²) in [4.78, 5) is 14.5. The van der Waals surface area contributed by atoms with Gasteiger partial charge in [0.1, 0.15) is 0 Å². The number of carbonyl (C=O) groups excluding carboxylic acids is 1. The Balaban J connectivity index is 1.42. The molecule has 0 saturated carbocycles. The molecule has 2 aromatic rings. The number of benzene rings is 2. The molecule has 27 heavy (non-hydrogen) atoms. The number of morpholine rings is 1. The highest BCUT2D eigenvalue weighted by atomic mass is 16.5. The van der Waals surface area contributed by atoms with E-state index in [4.69, 9.17) is 9.47 Å². The van der Waals surface area contributed by atoms with Crippen molar-refractivity contribution < 1.29 is 14.3 Å². The second-order valence-corrected chi connectivity index (χ2v) is 6.64. The van der Waals surface area contributed by atoms with Crippen molar-refractivity contribution in [3.8, 4) is 0 Å². The first-order chi connectivity index (χ1) is 13.2. The van der Waals surface area contributed by atoms with Crippen molar-refractivity contribution in [2.45, 2.75) is 19.7 Å². The predicted octanol–water partition coefficient (Wildman–Crippen LogP) is 2.99. The van der Waals surface area contributed by atoms with Gasteiger partial charge in [-0.25, -0.2) is 4.79 Å². The number of urea groups is 1. The van der Waals surface area contributed by atoms with Crippen LogP contribution in [0.15, 0.2) is 48.5 Å². The molecule has 1 saturated heterocycles. The molecule has 6 heteroatoms. The lowest BCUT2D eigenvalue weighted by molar-refractivity contribution is 0.0342. The molecule has 1 heterocycles. The third-order valence-electron chi connectivity index (χ3n) is 4.51. The molecule has 2 aromatic carbocycles. The Morgan fingerprint density at radius 1 is 1.00 bits per heavy atom. The topological polar surface area (TPSA) is 62.8 Å². The molecule has 3 rings (SSSR count). The number of anilines is 1. The van der Waals surface area contributed by atoms with Crippen molar-refractivity contribution in [1.29, 1.82) is 0 Å². The van der Waals surface area contributed by atoms with Gasteiger partial charge >= 0.3 is 6.03 Å².